The Morgan fingerprint density at radius 3 is 2.31 bits per heavy atom. The molecule has 2 aliphatic heterocycles. The summed E-state index contributed by atoms with van der Waals surface area (Å²) in [6.45, 7) is 2.94. The van der Waals surface area contributed by atoms with Gasteiger partial charge in [-0.25, -0.2) is 0 Å². The highest BCUT2D eigenvalue weighted by atomic mass is 16.2. The third-order valence-corrected chi connectivity index (χ3v) is 5.89. The third-order valence-electron chi connectivity index (χ3n) is 5.89. The van der Waals surface area contributed by atoms with Crippen molar-refractivity contribution in [3.63, 3.8) is 0 Å². The van der Waals surface area contributed by atoms with Crippen molar-refractivity contribution < 1.29 is 9.59 Å². The van der Waals surface area contributed by atoms with Crippen LogP contribution >= 0.6 is 0 Å². The molecule has 2 saturated heterocycles. The van der Waals surface area contributed by atoms with Gasteiger partial charge in [0, 0.05) is 63.3 Å². The average molecular weight is 394 g/mol. The lowest BCUT2D eigenvalue weighted by Gasteiger charge is -2.32. The van der Waals surface area contributed by atoms with Crippen molar-refractivity contribution in [2.45, 2.75) is 31.6 Å². The van der Waals surface area contributed by atoms with Crippen LogP contribution in [0.15, 0.2) is 41.5 Å². The Hall–Kier alpha value is -2.96. The quantitative estimate of drug-likeness (QED) is 0.798. The first-order chi connectivity index (χ1) is 14.0. The molecular weight excluding hydrogens is 368 g/mol. The Bertz CT molecular complexity index is 961. The Balaban J connectivity index is 1.45. The second-order valence-electron chi connectivity index (χ2n) is 7.93. The van der Waals surface area contributed by atoms with Crippen LogP contribution in [-0.4, -0.2) is 57.3 Å². The van der Waals surface area contributed by atoms with E-state index in [-0.39, 0.29) is 23.3 Å². The molecule has 2 amide bonds. The molecule has 1 unspecified atom stereocenters. The summed E-state index contributed by atoms with van der Waals surface area (Å²) in [5, 5.41) is 0. The number of nitrogens with zero attached hydrogens (tertiary/aromatic N) is 4. The molecule has 4 heterocycles. The summed E-state index contributed by atoms with van der Waals surface area (Å²) >= 11 is 0. The largest absolute Gasteiger partial charge is 0.339 e. The normalized spacial score (nSPS) is 19.4. The second-order valence-corrected chi connectivity index (χ2v) is 7.93. The lowest BCUT2D eigenvalue weighted by atomic mass is 9.93. The summed E-state index contributed by atoms with van der Waals surface area (Å²) in [6.07, 6.45) is 7.26. The van der Waals surface area contributed by atoms with Gasteiger partial charge in [-0.3, -0.25) is 19.4 Å². The molecule has 2 fully saturated rings. The second kappa shape index (κ2) is 8.19. The van der Waals surface area contributed by atoms with Crippen LogP contribution in [0.25, 0.3) is 0 Å². The van der Waals surface area contributed by atoms with E-state index in [0.717, 1.165) is 44.5 Å². The summed E-state index contributed by atoms with van der Waals surface area (Å²) in [5.41, 5.74) is 1.93. The maximum Gasteiger partial charge on any atom is 0.255 e. The van der Waals surface area contributed by atoms with Crippen molar-refractivity contribution in [3.05, 3.63) is 63.8 Å². The van der Waals surface area contributed by atoms with Gasteiger partial charge in [0.25, 0.3) is 11.8 Å². The van der Waals surface area contributed by atoms with Crippen LogP contribution in [0, 0.1) is 0 Å². The molecule has 7 nitrogen and oxygen atoms in total. The first-order valence-corrected chi connectivity index (χ1v) is 10.2. The van der Waals surface area contributed by atoms with Gasteiger partial charge >= 0.3 is 0 Å². The molecule has 0 saturated carbocycles. The number of aromatic nitrogens is 2. The highest BCUT2D eigenvalue weighted by molar-refractivity contribution is 5.94. The first kappa shape index (κ1) is 19.4. The highest BCUT2D eigenvalue weighted by Gasteiger charge is 2.27. The van der Waals surface area contributed by atoms with Gasteiger partial charge in [-0.2, -0.15) is 0 Å². The number of hydrogen-bond acceptors (Lipinski definition) is 4. The molecule has 2 aromatic heterocycles. The number of rotatable bonds is 3. The Labute approximate surface area is 170 Å². The minimum absolute atomic E-state index is 0.0525. The van der Waals surface area contributed by atoms with E-state index in [2.05, 4.69) is 4.98 Å². The SMILES string of the molecule is Cn1cc(C(=O)N2CCCC(c3ccc(C(=O)N4CCCC4)cn3)C2)ccc1=O. The first-order valence-electron chi connectivity index (χ1n) is 10.2. The lowest BCUT2D eigenvalue weighted by Crippen LogP contribution is -2.39. The zero-order valence-electron chi connectivity index (χ0n) is 16.7. The van der Waals surface area contributed by atoms with E-state index in [1.165, 1.54) is 10.6 Å². The molecule has 2 aromatic rings. The van der Waals surface area contributed by atoms with Gasteiger partial charge in [-0.05, 0) is 43.9 Å². The number of carbonyl (C=O) groups is 2. The predicted molar refractivity (Wildman–Crippen MR) is 109 cm³/mol. The molecule has 0 N–H and O–H groups in total. The van der Waals surface area contributed by atoms with Crippen LogP contribution in [0.4, 0.5) is 0 Å². The van der Waals surface area contributed by atoms with Crippen molar-refractivity contribution in [1.29, 1.82) is 0 Å². The summed E-state index contributed by atoms with van der Waals surface area (Å²) in [7, 11) is 1.65. The molecule has 0 aromatic carbocycles. The standard InChI is InChI=1S/C22H26N4O3/c1-24-14-18(7-9-20(24)27)22(29)26-12-4-5-17(15-26)19-8-6-16(13-23-19)21(28)25-10-2-3-11-25/h6-9,13-14,17H,2-5,10-12,15H2,1H3. The number of pyridine rings is 2. The van der Waals surface area contributed by atoms with Crippen LogP contribution < -0.4 is 5.56 Å². The van der Waals surface area contributed by atoms with E-state index in [9.17, 15) is 14.4 Å². The van der Waals surface area contributed by atoms with Crippen molar-refractivity contribution in [3.8, 4) is 0 Å². The fraction of sp³-hybridized carbons (Fsp3) is 0.455. The number of likely N-dealkylation sites (tertiary alicyclic amines) is 2. The number of piperidine rings is 1. The van der Waals surface area contributed by atoms with Gasteiger partial charge in [0.15, 0.2) is 0 Å². The van der Waals surface area contributed by atoms with Crippen LogP contribution in [0.3, 0.4) is 0 Å². The van der Waals surface area contributed by atoms with E-state index in [1.54, 1.807) is 25.5 Å². The molecule has 2 aliphatic rings. The Morgan fingerprint density at radius 2 is 1.62 bits per heavy atom. The van der Waals surface area contributed by atoms with Crippen LogP contribution in [0.1, 0.15) is 58.0 Å². The average Bonchev–Trinajstić information content (AvgIpc) is 3.30. The Kier molecular flexibility index (Phi) is 5.47. The molecular formula is C22H26N4O3. The van der Waals surface area contributed by atoms with Crippen molar-refractivity contribution in [2.75, 3.05) is 26.2 Å². The van der Waals surface area contributed by atoms with Gasteiger partial charge in [0.05, 0.1) is 11.1 Å². The van der Waals surface area contributed by atoms with E-state index in [4.69, 9.17) is 0 Å². The molecule has 0 bridgehead atoms. The minimum atomic E-state index is -0.133. The maximum atomic E-state index is 12.9. The third kappa shape index (κ3) is 4.09. The molecule has 1 atom stereocenters. The number of hydrogen-bond donors (Lipinski definition) is 0. The van der Waals surface area contributed by atoms with Gasteiger partial charge in [-0.15, -0.1) is 0 Å². The van der Waals surface area contributed by atoms with Gasteiger partial charge in [-0.1, -0.05) is 0 Å². The summed E-state index contributed by atoms with van der Waals surface area (Å²) in [4.78, 5) is 45.2. The molecule has 0 aliphatic carbocycles. The van der Waals surface area contributed by atoms with Gasteiger partial charge in [0.2, 0.25) is 5.56 Å². The minimum Gasteiger partial charge on any atom is -0.339 e. The van der Waals surface area contributed by atoms with Crippen LogP contribution in [0.2, 0.25) is 0 Å². The number of aryl methyl sites for hydroxylation is 1. The lowest BCUT2D eigenvalue weighted by molar-refractivity contribution is 0.0704. The smallest absolute Gasteiger partial charge is 0.255 e. The predicted octanol–water partition coefficient (Wildman–Crippen LogP) is 2.04. The molecule has 7 heteroatoms. The fourth-order valence-electron chi connectivity index (χ4n) is 4.18. The van der Waals surface area contributed by atoms with Crippen LogP contribution in [-0.2, 0) is 7.05 Å². The van der Waals surface area contributed by atoms with Crippen LogP contribution in [0.5, 0.6) is 0 Å². The zero-order chi connectivity index (χ0) is 20.4. The highest BCUT2D eigenvalue weighted by Crippen LogP contribution is 2.27. The molecule has 4 rings (SSSR count). The molecule has 0 radical (unpaired) electrons. The van der Waals surface area contributed by atoms with E-state index >= 15 is 0 Å². The molecule has 29 heavy (non-hydrogen) atoms. The van der Waals surface area contributed by atoms with Crippen molar-refractivity contribution >= 4 is 11.8 Å². The summed E-state index contributed by atoms with van der Waals surface area (Å²) < 4.78 is 1.42. The van der Waals surface area contributed by atoms with E-state index < -0.39 is 0 Å². The fourth-order valence-corrected chi connectivity index (χ4v) is 4.18. The molecule has 0 spiro atoms. The Morgan fingerprint density at radius 1 is 0.931 bits per heavy atom. The summed E-state index contributed by atoms with van der Waals surface area (Å²) in [5.74, 6) is 0.138. The summed E-state index contributed by atoms with van der Waals surface area (Å²) in [6, 6.07) is 6.79. The monoisotopic (exact) mass is 394 g/mol. The van der Waals surface area contributed by atoms with E-state index in [1.807, 2.05) is 21.9 Å². The van der Waals surface area contributed by atoms with Gasteiger partial charge < -0.3 is 14.4 Å². The van der Waals surface area contributed by atoms with Crippen molar-refractivity contribution in [1.82, 2.24) is 19.4 Å². The number of amides is 2. The van der Waals surface area contributed by atoms with Gasteiger partial charge in [0.1, 0.15) is 0 Å². The number of carbonyl (C=O) groups excluding carboxylic acids is 2. The van der Waals surface area contributed by atoms with Crippen molar-refractivity contribution in [2.24, 2.45) is 7.05 Å². The zero-order valence-corrected chi connectivity index (χ0v) is 16.7. The topological polar surface area (TPSA) is 75.5 Å². The molecule has 152 valence electrons. The maximum absolute atomic E-state index is 12.9. The van der Waals surface area contributed by atoms with E-state index in [0.29, 0.717) is 24.2 Å².